The smallest absolute Gasteiger partial charge is 0.306 e. The number of esters is 2. The van der Waals surface area contributed by atoms with E-state index in [-0.39, 0.29) is 17.1 Å². The summed E-state index contributed by atoms with van der Waals surface area (Å²) in [5.74, 6) is -1.04. The van der Waals surface area contributed by atoms with E-state index in [0.717, 1.165) is 4.73 Å². The molecule has 120 valence electrons. The Bertz CT molecular complexity index is 694. The fourth-order valence-electron chi connectivity index (χ4n) is 2.68. The molecule has 0 saturated heterocycles. The lowest BCUT2D eigenvalue weighted by atomic mass is 9.94. The van der Waals surface area contributed by atoms with E-state index in [9.17, 15) is 19.7 Å². The molecule has 8 heteroatoms. The third kappa shape index (κ3) is 2.68. The van der Waals surface area contributed by atoms with Gasteiger partial charge in [-0.3, -0.25) is 9.59 Å². The maximum Gasteiger partial charge on any atom is 0.306 e. The molecule has 1 N–H and O–H groups in total. The van der Waals surface area contributed by atoms with Crippen molar-refractivity contribution in [3.63, 3.8) is 0 Å². The predicted octanol–water partition coefficient (Wildman–Crippen LogP) is 1.26. The van der Waals surface area contributed by atoms with Crippen LogP contribution in [0.5, 0.6) is 0 Å². The number of aromatic nitrogens is 2. The van der Waals surface area contributed by atoms with Crippen molar-refractivity contribution in [1.82, 2.24) is 4.73 Å². The van der Waals surface area contributed by atoms with Crippen molar-refractivity contribution >= 4 is 11.9 Å². The zero-order chi connectivity index (χ0) is 16.6. The van der Waals surface area contributed by atoms with Gasteiger partial charge in [0.25, 0.3) is 5.69 Å². The quantitative estimate of drug-likeness (QED) is 0.501. The van der Waals surface area contributed by atoms with Gasteiger partial charge in [0.1, 0.15) is 5.69 Å². The summed E-state index contributed by atoms with van der Waals surface area (Å²) in [6.07, 6.45) is -0.874. The van der Waals surface area contributed by atoms with Crippen LogP contribution in [0.1, 0.15) is 61.7 Å². The van der Waals surface area contributed by atoms with Crippen molar-refractivity contribution < 1.29 is 28.7 Å². The molecule has 0 fully saturated rings. The molecule has 0 spiro atoms. The van der Waals surface area contributed by atoms with Crippen LogP contribution in [0.3, 0.4) is 0 Å². The van der Waals surface area contributed by atoms with Gasteiger partial charge in [0.15, 0.2) is 17.9 Å². The standard InChI is InChI=1S/C14H19N2O6/c1-7-8(2)16(20)14-12(22-10(4)18)6-5-11(21-9(3)17)13(14)15(7)19/h11-12,19H,5-6H2,1-4H3/q+1/t11-,12+/m0/s1. The number of fused-ring (bicyclic) bond motifs is 1. The molecular weight excluding hydrogens is 292 g/mol. The Balaban J connectivity index is 2.67. The normalized spacial score (nSPS) is 20.2. The first-order valence-electron chi connectivity index (χ1n) is 6.96. The first-order chi connectivity index (χ1) is 10.2. The molecule has 0 aromatic carbocycles. The summed E-state index contributed by atoms with van der Waals surface area (Å²) in [5, 5.41) is 10.3. The van der Waals surface area contributed by atoms with Gasteiger partial charge in [-0.05, 0) is 19.8 Å². The second-order valence-electron chi connectivity index (χ2n) is 5.32. The van der Waals surface area contributed by atoms with Crippen molar-refractivity contribution in [1.29, 1.82) is 0 Å². The number of ether oxygens (including phenoxy) is 2. The third-order valence-corrected chi connectivity index (χ3v) is 3.77. The van der Waals surface area contributed by atoms with Gasteiger partial charge in [0.2, 0.25) is 0 Å². The fourth-order valence-corrected chi connectivity index (χ4v) is 2.68. The molecule has 2 atom stereocenters. The van der Waals surface area contributed by atoms with Gasteiger partial charge >= 0.3 is 17.6 Å². The van der Waals surface area contributed by atoms with E-state index >= 15 is 0 Å². The number of nitrogens with zero attached hydrogens (tertiary/aromatic N) is 2. The van der Waals surface area contributed by atoms with Crippen LogP contribution < -0.4 is 4.43 Å². The van der Waals surface area contributed by atoms with E-state index in [1.165, 1.54) is 13.8 Å². The summed E-state index contributed by atoms with van der Waals surface area (Å²) in [6.45, 7) is 5.63. The van der Waals surface area contributed by atoms with Gasteiger partial charge in [0, 0.05) is 25.7 Å². The highest BCUT2D eigenvalue weighted by Crippen LogP contribution is 2.38. The van der Waals surface area contributed by atoms with Crippen LogP contribution >= 0.6 is 0 Å². The Kier molecular flexibility index (Phi) is 4.20. The lowest BCUT2D eigenvalue weighted by molar-refractivity contribution is -0.523. The maximum absolute atomic E-state index is 12.5. The van der Waals surface area contributed by atoms with E-state index in [1.54, 1.807) is 13.8 Å². The van der Waals surface area contributed by atoms with Gasteiger partial charge in [-0.1, -0.05) is 0 Å². The number of rotatable bonds is 2. The molecule has 1 aliphatic rings. The molecular formula is C14H19N2O6+. The zero-order valence-corrected chi connectivity index (χ0v) is 13.0. The average Bonchev–Trinajstić information content (AvgIpc) is 2.42. The average molecular weight is 311 g/mol. The minimum atomic E-state index is -0.783. The number of hydrogen-bond donors (Lipinski definition) is 1. The Morgan fingerprint density at radius 3 is 2.18 bits per heavy atom. The van der Waals surface area contributed by atoms with Gasteiger partial charge in [-0.15, -0.1) is 0 Å². The molecule has 2 rings (SSSR count). The molecule has 0 amide bonds. The highest BCUT2D eigenvalue weighted by Gasteiger charge is 2.43. The van der Waals surface area contributed by atoms with Gasteiger partial charge in [0.05, 0.1) is 4.43 Å². The molecule has 0 unspecified atom stereocenters. The second-order valence-corrected chi connectivity index (χ2v) is 5.32. The maximum atomic E-state index is 12.5. The van der Waals surface area contributed by atoms with E-state index in [4.69, 9.17) is 9.47 Å². The summed E-state index contributed by atoms with van der Waals surface area (Å²) < 4.78 is 11.8. The first kappa shape index (κ1) is 16.0. The van der Waals surface area contributed by atoms with Gasteiger partial charge < -0.3 is 14.7 Å². The van der Waals surface area contributed by atoms with Crippen LogP contribution in [0.2, 0.25) is 0 Å². The summed E-state index contributed by atoms with van der Waals surface area (Å²) in [5.41, 5.74) is 0.848. The van der Waals surface area contributed by atoms with Crippen molar-refractivity contribution in [3.05, 3.63) is 27.7 Å². The molecule has 8 nitrogen and oxygen atoms in total. The largest absolute Gasteiger partial charge is 0.456 e. The van der Waals surface area contributed by atoms with E-state index < -0.39 is 24.1 Å². The Hall–Kier alpha value is -2.38. The predicted molar refractivity (Wildman–Crippen MR) is 72.7 cm³/mol. The van der Waals surface area contributed by atoms with Crippen LogP contribution in [0, 0.1) is 18.8 Å². The Morgan fingerprint density at radius 1 is 1.14 bits per heavy atom. The van der Waals surface area contributed by atoms with Crippen LogP contribution in [0.4, 0.5) is 0 Å². The van der Waals surface area contributed by atoms with Gasteiger partial charge in [-0.25, -0.2) is 0 Å². The van der Waals surface area contributed by atoms with Gasteiger partial charge in [-0.2, -0.15) is 4.73 Å². The second kappa shape index (κ2) is 5.78. The van der Waals surface area contributed by atoms with E-state index in [0.29, 0.717) is 23.0 Å². The SMILES string of the molecule is CC(=O)O[C@H]1CC[C@@H](OC(C)=O)c2c1n(O)c(C)c(C)[n+]2=O. The lowest BCUT2D eigenvalue weighted by Gasteiger charge is -2.27. The molecule has 1 aliphatic carbocycles. The van der Waals surface area contributed by atoms with Crippen molar-refractivity contribution in [2.75, 3.05) is 0 Å². The van der Waals surface area contributed by atoms with Crippen molar-refractivity contribution in [2.45, 2.75) is 52.7 Å². The number of carbonyl (C=O) groups is 2. The summed E-state index contributed by atoms with van der Waals surface area (Å²) in [6, 6.07) is 0. The topological polar surface area (TPSA) is 101 Å². The molecule has 1 aromatic rings. The minimum Gasteiger partial charge on any atom is -0.456 e. The third-order valence-electron chi connectivity index (χ3n) is 3.77. The van der Waals surface area contributed by atoms with Crippen molar-refractivity contribution in [2.24, 2.45) is 0 Å². The van der Waals surface area contributed by atoms with Crippen LogP contribution in [-0.4, -0.2) is 21.9 Å². The molecule has 0 saturated carbocycles. The lowest BCUT2D eigenvalue weighted by Crippen LogP contribution is -2.39. The minimum absolute atomic E-state index is 0.0956. The number of carbonyl (C=O) groups excluding carboxylic acids is 2. The molecule has 0 aliphatic heterocycles. The zero-order valence-electron chi connectivity index (χ0n) is 13.0. The highest BCUT2D eigenvalue weighted by atomic mass is 16.6. The molecule has 0 radical (unpaired) electrons. The van der Waals surface area contributed by atoms with Crippen molar-refractivity contribution in [3.8, 4) is 0 Å². The molecule has 22 heavy (non-hydrogen) atoms. The highest BCUT2D eigenvalue weighted by molar-refractivity contribution is 5.67. The monoisotopic (exact) mass is 311 g/mol. The summed E-state index contributed by atoms with van der Waals surface area (Å²) in [4.78, 5) is 35.0. The first-order valence-corrected chi connectivity index (χ1v) is 6.96. The summed E-state index contributed by atoms with van der Waals surface area (Å²) in [7, 11) is 0. The van der Waals surface area contributed by atoms with E-state index in [1.807, 2.05) is 0 Å². The summed E-state index contributed by atoms with van der Waals surface area (Å²) >= 11 is 0. The van der Waals surface area contributed by atoms with E-state index in [2.05, 4.69) is 0 Å². The van der Waals surface area contributed by atoms with Crippen LogP contribution in [0.15, 0.2) is 0 Å². The fraction of sp³-hybridized carbons (Fsp3) is 0.571. The molecule has 1 aromatic heterocycles. The van der Waals surface area contributed by atoms with Crippen LogP contribution in [-0.2, 0) is 19.1 Å². The Morgan fingerprint density at radius 2 is 1.64 bits per heavy atom. The molecule has 1 heterocycles. The number of hydrogen-bond acceptors (Lipinski definition) is 6. The molecule has 0 bridgehead atoms. The van der Waals surface area contributed by atoms with Crippen LogP contribution in [0.25, 0.3) is 0 Å². The Labute approximate surface area is 126 Å².